The Hall–Kier alpha value is -2.23. The summed E-state index contributed by atoms with van der Waals surface area (Å²) in [6, 6.07) is 28.3. The second-order valence-electron chi connectivity index (χ2n) is 8.34. The first-order chi connectivity index (χ1) is 14.5. The molecule has 158 valence electrons. The van der Waals surface area contributed by atoms with E-state index in [0.717, 1.165) is 17.9 Å². The number of hydrogen-bond donors (Lipinski definition) is 1. The minimum Gasteiger partial charge on any atom is -0.497 e. The highest BCUT2D eigenvalue weighted by molar-refractivity contribution is 8.00. The normalized spacial score (nSPS) is 14.3. The third kappa shape index (κ3) is 5.08. The molecular formula is C27H33NOS. The molecule has 0 amide bonds. The van der Waals surface area contributed by atoms with Gasteiger partial charge in [-0.1, -0.05) is 86.1 Å². The minimum absolute atomic E-state index is 0.154. The predicted molar refractivity (Wildman–Crippen MR) is 130 cm³/mol. The average molecular weight is 420 g/mol. The van der Waals surface area contributed by atoms with Crippen molar-refractivity contribution < 1.29 is 4.74 Å². The summed E-state index contributed by atoms with van der Waals surface area (Å²) in [7, 11) is 1.71. The molecule has 0 aliphatic carbocycles. The Labute approximate surface area is 185 Å². The van der Waals surface area contributed by atoms with Crippen LogP contribution in [0.5, 0.6) is 5.75 Å². The van der Waals surface area contributed by atoms with Crippen molar-refractivity contribution in [1.29, 1.82) is 0 Å². The van der Waals surface area contributed by atoms with E-state index in [9.17, 15) is 0 Å². The van der Waals surface area contributed by atoms with E-state index in [4.69, 9.17) is 10.5 Å². The molecule has 2 N–H and O–H groups in total. The summed E-state index contributed by atoms with van der Waals surface area (Å²) in [5, 5.41) is 0. The van der Waals surface area contributed by atoms with Crippen molar-refractivity contribution >= 4 is 11.8 Å². The summed E-state index contributed by atoms with van der Waals surface area (Å²) < 4.78 is 5.09. The Balaban J connectivity index is 2.15. The van der Waals surface area contributed by atoms with Gasteiger partial charge in [-0.05, 0) is 48.1 Å². The maximum absolute atomic E-state index is 6.54. The number of ether oxygens (including phenoxy) is 1. The molecule has 0 fully saturated rings. The maximum Gasteiger partial charge on any atom is 0.118 e. The SMILES string of the molecule is COc1ccc(C(SC[C@@H](N)CC(C)C)(c2ccccc2)c2ccc(C)cc2)cc1. The van der Waals surface area contributed by atoms with Gasteiger partial charge in [-0.3, -0.25) is 0 Å². The number of methoxy groups -OCH3 is 1. The topological polar surface area (TPSA) is 35.2 Å². The van der Waals surface area contributed by atoms with Crippen LogP contribution < -0.4 is 10.5 Å². The van der Waals surface area contributed by atoms with E-state index in [0.29, 0.717) is 5.92 Å². The van der Waals surface area contributed by atoms with Crippen LogP contribution in [0.2, 0.25) is 0 Å². The van der Waals surface area contributed by atoms with Crippen molar-refractivity contribution in [3.8, 4) is 5.75 Å². The molecule has 2 atom stereocenters. The van der Waals surface area contributed by atoms with Crippen molar-refractivity contribution in [3.05, 3.63) is 101 Å². The van der Waals surface area contributed by atoms with E-state index in [2.05, 4.69) is 99.6 Å². The number of nitrogens with two attached hydrogens (primary N) is 1. The molecule has 0 saturated carbocycles. The van der Waals surface area contributed by atoms with Crippen LogP contribution in [0, 0.1) is 12.8 Å². The van der Waals surface area contributed by atoms with Crippen LogP contribution in [0.25, 0.3) is 0 Å². The molecule has 3 aromatic carbocycles. The predicted octanol–water partition coefficient (Wildman–Crippen LogP) is 6.40. The van der Waals surface area contributed by atoms with Gasteiger partial charge in [0.05, 0.1) is 11.9 Å². The Kier molecular flexibility index (Phi) is 7.63. The van der Waals surface area contributed by atoms with Gasteiger partial charge in [0.2, 0.25) is 0 Å². The Bertz CT molecular complexity index is 906. The van der Waals surface area contributed by atoms with Crippen LogP contribution in [0.3, 0.4) is 0 Å². The fourth-order valence-electron chi connectivity index (χ4n) is 3.94. The van der Waals surface area contributed by atoms with Gasteiger partial charge >= 0.3 is 0 Å². The number of aryl methyl sites for hydroxylation is 1. The lowest BCUT2D eigenvalue weighted by Crippen LogP contribution is -2.31. The van der Waals surface area contributed by atoms with Gasteiger partial charge in [0.15, 0.2) is 0 Å². The number of hydrogen-bond acceptors (Lipinski definition) is 3. The standard InChI is InChI=1S/C27H33NOS/c1-20(2)18-25(28)19-30-27(22-8-6-5-7-9-22,23-12-10-21(3)11-13-23)24-14-16-26(29-4)17-15-24/h5-17,20,25H,18-19,28H2,1-4H3/t25-,27?/m0/s1. The molecular weight excluding hydrogens is 386 g/mol. The zero-order valence-corrected chi connectivity index (χ0v) is 19.3. The van der Waals surface area contributed by atoms with E-state index in [1.807, 2.05) is 11.8 Å². The second-order valence-corrected chi connectivity index (χ2v) is 9.58. The Morgan fingerprint density at radius 3 is 1.90 bits per heavy atom. The van der Waals surface area contributed by atoms with Crippen LogP contribution in [0.15, 0.2) is 78.9 Å². The lowest BCUT2D eigenvalue weighted by molar-refractivity contribution is 0.414. The van der Waals surface area contributed by atoms with Crippen LogP contribution in [0.1, 0.15) is 42.5 Å². The van der Waals surface area contributed by atoms with Crippen LogP contribution in [-0.2, 0) is 4.75 Å². The van der Waals surface area contributed by atoms with Gasteiger partial charge < -0.3 is 10.5 Å². The molecule has 1 unspecified atom stereocenters. The second kappa shape index (κ2) is 10.2. The quantitative estimate of drug-likeness (QED) is 0.407. The molecule has 0 saturated heterocycles. The summed E-state index contributed by atoms with van der Waals surface area (Å²) in [6.07, 6.45) is 1.02. The lowest BCUT2D eigenvalue weighted by atomic mass is 9.83. The van der Waals surface area contributed by atoms with E-state index < -0.39 is 0 Å². The molecule has 0 heterocycles. The summed E-state index contributed by atoms with van der Waals surface area (Å²) in [4.78, 5) is 0. The zero-order valence-electron chi connectivity index (χ0n) is 18.5. The van der Waals surface area contributed by atoms with Crippen LogP contribution in [0.4, 0.5) is 0 Å². The van der Waals surface area contributed by atoms with Gasteiger partial charge in [-0.25, -0.2) is 0 Å². The molecule has 0 radical (unpaired) electrons. The van der Waals surface area contributed by atoms with Crippen LogP contribution >= 0.6 is 11.8 Å². The van der Waals surface area contributed by atoms with Gasteiger partial charge in [0, 0.05) is 11.8 Å². The molecule has 0 aliphatic heterocycles. The first kappa shape index (κ1) is 22.5. The molecule has 3 aromatic rings. The lowest BCUT2D eigenvalue weighted by Gasteiger charge is -2.36. The fourth-order valence-corrected chi connectivity index (χ4v) is 5.45. The highest BCUT2D eigenvalue weighted by Gasteiger charge is 2.37. The van der Waals surface area contributed by atoms with Crippen molar-refractivity contribution in [2.75, 3.05) is 12.9 Å². The van der Waals surface area contributed by atoms with E-state index in [1.54, 1.807) is 7.11 Å². The van der Waals surface area contributed by atoms with Gasteiger partial charge in [-0.2, -0.15) is 0 Å². The molecule has 0 aromatic heterocycles. The van der Waals surface area contributed by atoms with Gasteiger partial charge in [0.25, 0.3) is 0 Å². The van der Waals surface area contributed by atoms with Gasteiger partial charge in [0.1, 0.15) is 5.75 Å². The highest BCUT2D eigenvalue weighted by atomic mass is 32.2. The molecule has 2 nitrogen and oxygen atoms in total. The molecule has 0 aliphatic rings. The minimum atomic E-state index is -0.337. The Morgan fingerprint density at radius 2 is 1.37 bits per heavy atom. The van der Waals surface area contributed by atoms with E-state index >= 15 is 0 Å². The van der Waals surface area contributed by atoms with E-state index in [1.165, 1.54) is 22.3 Å². The summed E-state index contributed by atoms with van der Waals surface area (Å²) in [5.74, 6) is 2.34. The van der Waals surface area contributed by atoms with Crippen molar-refractivity contribution in [1.82, 2.24) is 0 Å². The zero-order chi connectivity index (χ0) is 21.6. The van der Waals surface area contributed by atoms with Crippen molar-refractivity contribution in [2.24, 2.45) is 11.7 Å². The molecule has 0 bridgehead atoms. The van der Waals surface area contributed by atoms with E-state index in [-0.39, 0.29) is 10.8 Å². The number of rotatable bonds is 9. The summed E-state index contributed by atoms with van der Waals surface area (Å²) in [5.41, 5.74) is 11.6. The monoisotopic (exact) mass is 419 g/mol. The first-order valence-corrected chi connectivity index (χ1v) is 11.6. The van der Waals surface area contributed by atoms with Crippen LogP contribution in [-0.4, -0.2) is 18.9 Å². The first-order valence-electron chi connectivity index (χ1n) is 10.6. The largest absolute Gasteiger partial charge is 0.497 e. The number of thioether (sulfide) groups is 1. The molecule has 3 heteroatoms. The van der Waals surface area contributed by atoms with Gasteiger partial charge in [-0.15, -0.1) is 11.8 Å². The fraction of sp³-hybridized carbons (Fsp3) is 0.333. The Morgan fingerprint density at radius 1 is 0.833 bits per heavy atom. The summed E-state index contributed by atoms with van der Waals surface area (Å²) >= 11 is 1.93. The molecule has 3 rings (SSSR count). The smallest absolute Gasteiger partial charge is 0.118 e. The number of benzene rings is 3. The maximum atomic E-state index is 6.54. The molecule has 0 spiro atoms. The third-order valence-corrected chi connectivity index (χ3v) is 7.16. The third-order valence-electron chi connectivity index (χ3n) is 5.42. The summed E-state index contributed by atoms with van der Waals surface area (Å²) in [6.45, 7) is 6.60. The highest BCUT2D eigenvalue weighted by Crippen LogP contribution is 2.49. The van der Waals surface area contributed by atoms with Crippen molar-refractivity contribution in [2.45, 2.75) is 38.0 Å². The average Bonchev–Trinajstić information content (AvgIpc) is 2.76. The van der Waals surface area contributed by atoms with Crippen molar-refractivity contribution in [3.63, 3.8) is 0 Å². The molecule has 30 heavy (non-hydrogen) atoms.